The van der Waals surface area contributed by atoms with Crippen LogP contribution in [0.15, 0.2) is 18.2 Å². The second kappa shape index (κ2) is 6.13. The fourth-order valence-electron chi connectivity index (χ4n) is 1.46. The summed E-state index contributed by atoms with van der Waals surface area (Å²) in [4.78, 5) is 12.1. The van der Waals surface area contributed by atoms with Crippen molar-refractivity contribution < 1.29 is 9.53 Å². The van der Waals surface area contributed by atoms with Crippen LogP contribution in [0.25, 0.3) is 0 Å². The molecule has 0 aliphatic carbocycles. The smallest absolute Gasteiger partial charge is 0.257 e. The number of carbonyl (C=O) groups excluding carboxylic acids is 1. The lowest BCUT2D eigenvalue weighted by molar-refractivity contribution is 0.0936. The molecule has 0 aliphatic rings. The molecule has 0 aromatic heterocycles. The van der Waals surface area contributed by atoms with Crippen LogP contribution in [0.4, 0.5) is 5.69 Å². The summed E-state index contributed by atoms with van der Waals surface area (Å²) in [5.74, 6) is 0.356. The van der Waals surface area contributed by atoms with Gasteiger partial charge in [-0.1, -0.05) is 13.0 Å². The van der Waals surface area contributed by atoms with Crippen LogP contribution in [0.1, 0.15) is 37.6 Å². The molecule has 0 saturated heterocycles. The van der Waals surface area contributed by atoms with Crippen LogP contribution in [0, 0.1) is 0 Å². The maximum Gasteiger partial charge on any atom is 0.257 e. The number of nitrogen functional groups attached to an aromatic ring is 1. The summed E-state index contributed by atoms with van der Waals surface area (Å²) in [6.45, 7) is 6.35. The van der Waals surface area contributed by atoms with Crippen LogP contribution in [0.3, 0.4) is 0 Å². The Morgan fingerprint density at radius 3 is 2.76 bits per heavy atom. The van der Waals surface area contributed by atoms with E-state index in [4.69, 9.17) is 10.5 Å². The molecule has 3 N–H and O–H groups in total. The zero-order valence-electron chi connectivity index (χ0n) is 10.6. The van der Waals surface area contributed by atoms with E-state index in [0.29, 0.717) is 23.6 Å². The minimum atomic E-state index is -0.180. The van der Waals surface area contributed by atoms with Crippen molar-refractivity contribution in [2.75, 3.05) is 12.3 Å². The van der Waals surface area contributed by atoms with Gasteiger partial charge in [-0.2, -0.15) is 0 Å². The number of nitrogens with one attached hydrogen (secondary N) is 1. The summed E-state index contributed by atoms with van der Waals surface area (Å²) in [5.41, 5.74) is 6.70. The van der Waals surface area contributed by atoms with Gasteiger partial charge in [0.25, 0.3) is 5.91 Å². The van der Waals surface area contributed by atoms with Gasteiger partial charge in [-0.3, -0.25) is 4.79 Å². The van der Waals surface area contributed by atoms with E-state index in [-0.39, 0.29) is 11.9 Å². The molecule has 1 aromatic rings. The molecule has 0 saturated carbocycles. The first-order valence-corrected chi connectivity index (χ1v) is 5.92. The highest BCUT2D eigenvalue weighted by Gasteiger charge is 2.17. The fraction of sp³-hybridized carbons (Fsp3) is 0.462. The second-order valence-corrected chi connectivity index (χ2v) is 3.94. The fourth-order valence-corrected chi connectivity index (χ4v) is 1.46. The molecule has 1 amide bonds. The Kier molecular flexibility index (Phi) is 4.82. The number of ether oxygens (including phenoxy) is 1. The van der Waals surface area contributed by atoms with Crippen LogP contribution in [0.5, 0.6) is 5.75 Å². The standard InChI is InChI=1S/C13H20N2O2/c1-4-9(3)15-13(16)12-10(14)7-6-8-11(12)17-5-2/h6-9H,4-5,14H2,1-3H3,(H,15,16). The van der Waals surface area contributed by atoms with E-state index in [9.17, 15) is 4.79 Å². The van der Waals surface area contributed by atoms with E-state index in [0.717, 1.165) is 6.42 Å². The minimum absolute atomic E-state index is 0.122. The molecule has 1 atom stereocenters. The van der Waals surface area contributed by atoms with Crippen LogP contribution < -0.4 is 15.8 Å². The molecule has 0 aliphatic heterocycles. The third kappa shape index (κ3) is 3.37. The van der Waals surface area contributed by atoms with Gasteiger partial charge in [0.2, 0.25) is 0 Å². The molecule has 0 radical (unpaired) electrons. The van der Waals surface area contributed by atoms with Crippen molar-refractivity contribution in [1.29, 1.82) is 0 Å². The first-order chi connectivity index (χ1) is 8.10. The van der Waals surface area contributed by atoms with E-state index < -0.39 is 0 Å². The highest BCUT2D eigenvalue weighted by Crippen LogP contribution is 2.24. The third-order valence-corrected chi connectivity index (χ3v) is 2.58. The number of rotatable bonds is 5. The number of anilines is 1. The van der Waals surface area contributed by atoms with Crippen molar-refractivity contribution in [2.24, 2.45) is 0 Å². The van der Waals surface area contributed by atoms with Gasteiger partial charge >= 0.3 is 0 Å². The quantitative estimate of drug-likeness (QED) is 0.770. The lowest BCUT2D eigenvalue weighted by Gasteiger charge is -2.15. The Morgan fingerprint density at radius 2 is 2.18 bits per heavy atom. The van der Waals surface area contributed by atoms with Crippen LogP contribution in [0.2, 0.25) is 0 Å². The molecule has 17 heavy (non-hydrogen) atoms. The van der Waals surface area contributed by atoms with E-state index >= 15 is 0 Å². The van der Waals surface area contributed by atoms with Gasteiger partial charge in [0, 0.05) is 11.7 Å². The average Bonchev–Trinajstić information content (AvgIpc) is 2.29. The van der Waals surface area contributed by atoms with Crippen molar-refractivity contribution in [3.8, 4) is 5.75 Å². The van der Waals surface area contributed by atoms with Crippen molar-refractivity contribution >= 4 is 11.6 Å². The predicted octanol–water partition coefficient (Wildman–Crippen LogP) is 2.20. The Bertz CT molecular complexity index is 391. The summed E-state index contributed by atoms with van der Waals surface area (Å²) in [7, 11) is 0. The lowest BCUT2D eigenvalue weighted by atomic mass is 10.1. The second-order valence-electron chi connectivity index (χ2n) is 3.94. The van der Waals surface area contributed by atoms with Crippen LogP contribution in [-0.4, -0.2) is 18.6 Å². The number of benzene rings is 1. The largest absolute Gasteiger partial charge is 0.493 e. The Hall–Kier alpha value is -1.71. The van der Waals surface area contributed by atoms with Crippen molar-refractivity contribution in [3.05, 3.63) is 23.8 Å². The molecule has 0 bridgehead atoms. The van der Waals surface area contributed by atoms with Crippen molar-refractivity contribution in [3.63, 3.8) is 0 Å². The summed E-state index contributed by atoms with van der Waals surface area (Å²) in [5, 5.41) is 2.89. The van der Waals surface area contributed by atoms with E-state index in [1.807, 2.05) is 20.8 Å². The van der Waals surface area contributed by atoms with Crippen molar-refractivity contribution in [1.82, 2.24) is 5.32 Å². The highest BCUT2D eigenvalue weighted by molar-refractivity contribution is 6.02. The monoisotopic (exact) mass is 236 g/mol. The Labute approximate surface area is 102 Å². The first-order valence-electron chi connectivity index (χ1n) is 5.92. The highest BCUT2D eigenvalue weighted by atomic mass is 16.5. The average molecular weight is 236 g/mol. The number of carbonyl (C=O) groups is 1. The topological polar surface area (TPSA) is 64.3 Å². The van der Waals surface area contributed by atoms with Crippen molar-refractivity contribution in [2.45, 2.75) is 33.2 Å². The van der Waals surface area contributed by atoms with Gasteiger partial charge < -0.3 is 15.8 Å². The van der Waals surface area contributed by atoms with Gasteiger partial charge in [0.15, 0.2) is 0 Å². The molecule has 94 valence electrons. The first kappa shape index (κ1) is 13.4. The zero-order chi connectivity index (χ0) is 12.8. The molecule has 4 heteroatoms. The number of hydrogen-bond acceptors (Lipinski definition) is 3. The zero-order valence-corrected chi connectivity index (χ0v) is 10.6. The molecule has 1 aromatic carbocycles. The van der Waals surface area contributed by atoms with Crippen LogP contribution in [-0.2, 0) is 0 Å². The minimum Gasteiger partial charge on any atom is -0.493 e. The molecule has 1 unspecified atom stereocenters. The number of amides is 1. The molecule has 4 nitrogen and oxygen atoms in total. The summed E-state index contributed by atoms with van der Waals surface area (Å²) in [6.07, 6.45) is 0.877. The van der Waals surface area contributed by atoms with E-state index in [2.05, 4.69) is 5.32 Å². The number of hydrogen-bond donors (Lipinski definition) is 2. The molecule has 0 spiro atoms. The Morgan fingerprint density at radius 1 is 1.47 bits per heavy atom. The maximum atomic E-state index is 12.1. The summed E-state index contributed by atoms with van der Waals surface area (Å²) >= 11 is 0. The number of nitrogens with two attached hydrogens (primary N) is 1. The Balaban J connectivity index is 2.98. The van der Waals surface area contributed by atoms with Gasteiger partial charge in [0.1, 0.15) is 11.3 Å². The lowest BCUT2D eigenvalue weighted by Crippen LogP contribution is -2.32. The molecule has 1 rings (SSSR count). The predicted molar refractivity (Wildman–Crippen MR) is 69.2 cm³/mol. The third-order valence-electron chi connectivity index (χ3n) is 2.58. The normalized spacial score (nSPS) is 11.9. The van der Waals surface area contributed by atoms with E-state index in [1.165, 1.54) is 0 Å². The van der Waals surface area contributed by atoms with E-state index in [1.54, 1.807) is 18.2 Å². The molecular weight excluding hydrogens is 216 g/mol. The van der Waals surface area contributed by atoms with Crippen LogP contribution >= 0.6 is 0 Å². The van der Waals surface area contributed by atoms with Gasteiger partial charge in [-0.25, -0.2) is 0 Å². The molecule has 0 heterocycles. The maximum absolute atomic E-state index is 12.1. The molecular formula is C13H20N2O2. The SMILES string of the molecule is CCOc1cccc(N)c1C(=O)NC(C)CC. The molecule has 0 fully saturated rings. The summed E-state index contributed by atoms with van der Waals surface area (Å²) < 4.78 is 5.41. The van der Waals surface area contributed by atoms with Gasteiger partial charge in [-0.05, 0) is 32.4 Å². The summed E-state index contributed by atoms with van der Waals surface area (Å²) in [6, 6.07) is 5.36. The van der Waals surface area contributed by atoms with Gasteiger partial charge in [-0.15, -0.1) is 0 Å². The van der Waals surface area contributed by atoms with Gasteiger partial charge in [0.05, 0.1) is 6.61 Å².